The number of rotatable bonds is 10. The van der Waals surface area contributed by atoms with Crippen LogP contribution in [0.5, 0.6) is 0 Å². The molecule has 0 amide bonds. The summed E-state index contributed by atoms with van der Waals surface area (Å²) in [5.41, 5.74) is 4.29. The maximum atomic E-state index is 3.58. The third-order valence-electron chi connectivity index (χ3n) is 4.44. The van der Waals surface area contributed by atoms with Gasteiger partial charge < -0.3 is 15.5 Å². The molecule has 0 saturated carbocycles. The van der Waals surface area contributed by atoms with Crippen LogP contribution in [0.1, 0.15) is 37.8 Å². The van der Waals surface area contributed by atoms with Crippen molar-refractivity contribution in [2.75, 3.05) is 44.6 Å². The molecule has 3 nitrogen and oxygen atoms in total. The fourth-order valence-corrected chi connectivity index (χ4v) is 3.00. The second kappa shape index (κ2) is 9.06. The van der Waals surface area contributed by atoms with Crippen LogP contribution < -0.4 is 10.6 Å². The average molecular weight is 289 g/mol. The molecule has 0 radical (unpaired) electrons. The largest absolute Gasteiger partial charge is 0.384 e. The zero-order chi connectivity index (χ0) is 14.9. The van der Waals surface area contributed by atoms with Crippen LogP contribution in [-0.4, -0.2) is 44.2 Å². The minimum absolute atomic E-state index is 1.09. The predicted molar refractivity (Wildman–Crippen MR) is 92.2 cm³/mol. The lowest BCUT2D eigenvalue weighted by Crippen LogP contribution is -2.25. The maximum absolute atomic E-state index is 3.58. The summed E-state index contributed by atoms with van der Waals surface area (Å²) < 4.78 is 0. The van der Waals surface area contributed by atoms with E-state index in [-0.39, 0.29) is 0 Å². The molecule has 2 rings (SSSR count). The lowest BCUT2D eigenvalue weighted by atomic mass is 10.1. The van der Waals surface area contributed by atoms with E-state index in [2.05, 4.69) is 47.6 Å². The summed E-state index contributed by atoms with van der Waals surface area (Å²) in [5.74, 6) is 0. The number of nitrogens with one attached hydrogen (secondary N) is 2. The Labute approximate surface area is 130 Å². The first-order chi connectivity index (χ1) is 10.3. The minimum atomic E-state index is 1.09. The van der Waals surface area contributed by atoms with Gasteiger partial charge in [0.2, 0.25) is 0 Å². The Morgan fingerprint density at radius 2 is 2.00 bits per heavy atom. The smallest absolute Gasteiger partial charge is 0.0373 e. The number of nitrogens with zero attached hydrogens (tertiary/aromatic N) is 1. The third kappa shape index (κ3) is 5.33. The van der Waals surface area contributed by atoms with Crippen LogP contribution in [0, 0.1) is 0 Å². The Morgan fingerprint density at radius 1 is 1.14 bits per heavy atom. The fourth-order valence-electron chi connectivity index (χ4n) is 3.00. The first kappa shape index (κ1) is 16.3. The molecule has 0 unspecified atom stereocenters. The molecule has 118 valence electrons. The van der Waals surface area contributed by atoms with Crippen LogP contribution in [0.3, 0.4) is 0 Å². The summed E-state index contributed by atoms with van der Waals surface area (Å²) in [6, 6.07) is 6.87. The van der Waals surface area contributed by atoms with E-state index in [4.69, 9.17) is 0 Å². The lowest BCUT2D eigenvalue weighted by Gasteiger charge is -2.17. The zero-order valence-corrected chi connectivity index (χ0v) is 13.8. The highest BCUT2D eigenvalue weighted by atomic mass is 15.1. The van der Waals surface area contributed by atoms with Gasteiger partial charge in [-0.05, 0) is 75.6 Å². The standard InChI is InChI=1S/C18H31N3/c1-3-21(4-2)14-6-5-11-19-12-9-16-7-8-18-17(15-16)10-13-20-18/h7-8,15,19-20H,3-6,9-14H2,1-2H3. The van der Waals surface area contributed by atoms with Gasteiger partial charge in [-0.25, -0.2) is 0 Å². The van der Waals surface area contributed by atoms with Gasteiger partial charge >= 0.3 is 0 Å². The fraction of sp³-hybridized carbons (Fsp3) is 0.667. The lowest BCUT2D eigenvalue weighted by molar-refractivity contribution is 0.296. The van der Waals surface area contributed by atoms with E-state index in [1.54, 1.807) is 0 Å². The molecular weight excluding hydrogens is 258 g/mol. The Balaban J connectivity index is 1.54. The Kier molecular flexibility index (Phi) is 7.04. The van der Waals surface area contributed by atoms with Crippen molar-refractivity contribution in [2.24, 2.45) is 0 Å². The van der Waals surface area contributed by atoms with Crippen LogP contribution in [0.25, 0.3) is 0 Å². The zero-order valence-electron chi connectivity index (χ0n) is 13.8. The summed E-state index contributed by atoms with van der Waals surface area (Å²) in [4.78, 5) is 2.50. The van der Waals surface area contributed by atoms with E-state index in [9.17, 15) is 0 Å². The predicted octanol–water partition coefficient (Wildman–Crippen LogP) is 2.91. The van der Waals surface area contributed by atoms with Crippen molar-refractivity contribution in [3.63, 3.8) is 0 Å². The first-order valence-corrected chi connectivity index (χ1v) is 8.62. The van der Waals surface area contributed by atoms with Gasteiger partial charge in [0.1, 0.15) is 0 Å². The topological polar surface area (TPSA) is 27.3 Å². The monoisotopic (exact) mass is 289 g/mol. The van der Waals surface area contributed by atoms with E-state index in [1.807, 2.05) is 0 Å². The van der Waals surface area contributed by atoms with Crippen molar-refractivity contribution in [3.05, 3.63) is 29.3 Å². The van der Waals surface area contributed by atoms with Gasteiger partial charge in [-0.15, -0.1) is 0 Å². The SMILES string of the molecule is CCN(CC)CCCCNCCc1ccc2c(c1)CCN2. The number of unbranched alkanes of at least 4 members (excludes halogenated alkanes) is 1. The molecule has 1 aromatic carbocycles. The summed E-state index contributed by atoms with van der Waals surface area (Å²) in [6.45, 7) is 11.4. The molecule has 21 heavy (non-hydrogen) atoms. The molecule has 1 aliphatic rings. The van der Waals surface area contributed by atoms with Crippen LogP contribution in [0.2, 0.25) is 0 Å². The molecule has 0 saturated heterocycles. The highest BCUT2D eigenvalue weighted by Crippen LogP contribution is 2.22. The molecule has 0 spiro atoms. The second-order valence-corrected chi connectivity index (χ2v) is 5.90. The number of benzene rings is 1. The Hall–Kier alpha value is -1.06. The van der Waals surface area contributed by atoms with Crippen molar-refractivity contribution in [1.82, 2.24) is 10.2 Å². The van der Waals surface area contributed by atoms with E-state index in [0.717, 1.165) is 26.1 Å². The molecule has 0 aliphatic carbocycles. The van der Waals surface area contributed by atoms with E-state index in [1.165, 1.54) is 55.7 Å². The molecule has 0 atom stereocenters. The average Bonchev–Trinajstić information content (AvgIpc) is 2.98. The van der Waals surface area contributed by atoms with Crippen molar-refractivity contribution >= 4 is 5.69 Å². The van der Waals surface area contributed by atoms with Crippen LogP contribution in [0.4, 0.5) is 5.69 Å². The summed E-state index contributed by atoms with van der Waals surface area (Å²) >= 11 is 0. The highest BCUT2D eigenvalue weighted by Gasteiger charge is 2.09. The maximum Gasteiger partial charge on any atom is 0.0373 e. The second-order valence-electron chi connectivity index (χ2n) is 5.90. The van der Waals surface area contributed by atoms with Gasteiger partial charge in [0.25, 0.3) is 0 Å². The quantitative estimate of drug-likeness (QED) is 0.649. The Morgan fingerprint density at radius 3 is 2.81 bits per heavy atom. The van der Waals surface area contributed by atoms with E-state index < -0.39 is 0 Å². The molecule has 0 fully saturated rings. The molecule has 2 N–H and O–H groups in total. The molecule has 0 bridgehead atoms. The molecule has 1 aliphatic heterocycles. The normalized spacial score (nSPS) is 13.5. The molecular formula is C18H31N3. The number of hydrogen-bond acceptors (Lipinski definition) is 3. The van der Waals surface area contributed by atoms with Crippen molar-refractivity contribution < 1.29 is 0 Å². The first-order valence-electron chi connectivity index (χ1n) is 8.62. The Bertz CT molecular complexity index is 413. The van der Waals surface area contributed by atoms with Crippen LogP contribution >= 0.6 is 0 Å². The number of hydrogen-bond donors (Lipinski definition) is 2. The molecule has 1 heterocycles. The molecule has 3 heteroatoms. The van der Waals surface area contributed by atoms with Gasteiger partial charge in [-0.1, -0.05) is 26.0 Å². The van der Waals surface area contributed by atoms with Gasteiger partial charge in [0.15, 0.2) is 0 Å². The minimum Gasteiger partial charge on any atom is -0.384 e. The summed E-state index contributed by atoms with van der Waals surface area (Å²) in [7, 11) is 0. The van der Waals surface area contributed by atoms with Crippen LogP contribution in [-0.2, 0) is 12.8 Å². The van der Waals surface area contributed by atoms with Crippen LogP contribution in [0.15, 0.2) is 18.2 Å². The van der Waals surface area contributed by atoms with Crippen molar-refractivity contribution in [1.29, 1.82) is 0 Å². The highest BCUT2D eigenvalue weighted by molar-refractivity contribution is 5.56. The van der Waals surface area contributed by atoms with Gasteiger partial charge in [0, 0.05) is 12.2 Å². The third-order valence-corrected chi connectivity index (χ3v) is 4.44. The summed E-state index contributed by atoms with van der Waals surface area (Å²) in [5, 5.41) is 6.99. The molecule has 0 aromatic heterocycles. The van der Waals surface area contributed by atoms with Gasteiger partial charge in [-0.3, -0.25) is 0 Å². The van der Waals surface area contributed by atoms with Gasteiger partial charge in [0.05, 0.1) is 0 Å². The van der Waals surface area contributed by atoms with E-state index in [0.29, 0.717) is 0 Å². The molecule has 1 aromatic rings. The van der Waals surface area contributed by atoms with Crippen molar-refractivity contribution in [2.45, 2.75) is 39.5 Å². The van der Waals surface area contributed by atoms with Gasteiger partial charge in [-0.2, -0.15) is 0 Å². The number of anilines is 1. The number of fused-ring (bicyclic) bond motifs is 1. The summed E-state index contributed by atoms with van der Waals surface area (Å²) in [6.07, 6.45) is 4.91. The van der Waals surface area contributed by atoms with E-state index >= 15 is 0 Å². The van der Waals surface area contributed by atoms with Crippen molar-refractivity contribution in [3.8, 4) is 0 Å².